The maximum atomic E-state index is 6.04. The summed E-state index contributed by atoms with van der Waals surface area (Å²) in [6.45, 7) is 5.66. The van der Waals surface area contributed by atoms with Gasteiger partial charge < -0.3 is 16.0 Å². The molecule has 0 spiro atoms. The minimum Gasteiger partial charge on any atom is -0.368 e. The first-order chi connectivity index (χ1) is 8.69. The van der Waals surface area contributed by atoms with Crippen molar-refractivity contribution < 1.29 is 0 Å². The number of nitrogen functional groups attached to an aromatic ring is 1. The Hall–Kier alpha value is -1.07. The fourth-order valence-electron chi connectivity index (χ4n) is 2.29. The number of nitrogens with two attached hydrogens (primary N) is 1. The van der Waals surface area contributed by atoms with Crippen LogP contribution in [0.1, 0.15) is 26.2 Å². The molecule has 0 saturated carbocycles. The molecule has 1 aromatic heterocycles. The number of hydrogen-bond donors (Lipinski definition) is 2. The minimum absolute atomic E-state index is 0.255. The molecule has 0 aromatic carbocycles. The average Bonchev–Trinajstić information content (AvgIpc) is 2.37. The Labute approximate surface area is 113 Å². The van der Waals surface area contributed by atoms with Gasteiger partial charge in [0.25, 0.3) is 0 Å². The topological polar surface area (TPSA) is 67.1 Å². The number of nitrogens with zero attached hydrogens (tertiary/aromatic N) is 3. The molecule has 6 heteroatoms. The van der Waals surface area contributed by atoms with Crippen LogP contribution in [-0.2, 0) is 0 Å². The summed E-state index contributed by atoms with van der Waals surface area (Å²) in [4.78, 5) is 10.5. The summed E-state index contributed by atoms with van der Waals surface area (Å²) in [7, 11) is 0. The highest BCUT2D eigenvalue weighted by Crippen LogP contribution is 2.22. The molecule has 0 atom stereocenters. The van der Waals surface area contributed by atoms with Crippen molar-refractivity contribution in [1.82, 2.24) is 14.9 Å². The third-order valence-electron chi connectivity index (χ3n) is 3.23. The van der Waals surface area contributed by atoms with Gasteiger partial charge >= 0.3 is 0 Å². The summed E-state index contributed by atoms with van der Waals surface area (Å²) in [5.74, 6) is 0.906. The summed E-state index contributed by atoms with van der Waals surface area (Å²) in [5.41, 5.74) is 5.57. The highest BCUT2D eigenvalue weighted by atomic mass is 35.5. The highest BCUT2D eigenvalue weighted by molar-refractivity contribution is 6.32. The van der Waals surface area contributed by atoms with Crippen LogP contribution in [0.5, 0.6) is 0 Å². The number of anilines is 2. The lowest BCUT2D eigenvalue weighted by atomic mass is 10.0. The second-order valence-electron chi connectivity index (χ2n) is 4.68. The normalized spacial score (nSPS) is 17.9. The zero-order chi connectivity index (χ0) is 13.0. The SMILES string of the molecule is CCCN1CCC(Nc2nc(N)ncc2Cl)CC1. The second-order valence-corrected chi connectivity index (χ2v) is 5.09. The Morgan fingerprint density at radius 1 is 1.50 bits per heavy atom. The van der Waals surface area contributed by atoms with Crippen LogP contribution in [0.3, 0.4) is 0 Å². The Bertz CT molecular complexity index is 390. The van der Waals surface area contributed by atoms with Crippen LogP contribution in [0, 0.1) is 0 Å². The van der Waals surface area contributed by atoms with Gasteiger partial charge in [-0.2, -0.15) is 4.98 Å². The smallest absolute Gasteiger partial charge is 0.222 e. The first kappa shape index (κ1) is 13.4. The Morgan fingerprint density at radius 3 is 2.89 bits per heavy atom. The minimum atomic E-state index is 0.255. The van der Waals surface area contributed by atoms with E-state index in [2.05, 4.69) is 27.1 Å². The molecule has 2 rings (SSSR count). The number of piperidine rings is 1. The average molecular weight is 270 g/mol. The second kappa shape index (κ2) is 6.20. The molecular weight excluding hydrogens is 250 g/mol. The van der Waals surface area contributed by atoms with E-state index in [0.29, 0.717) is 16.9 Å². The van der Waals surface area contributed by atoms with Gasteiger partial charge in [-0.25, -0.2) is 4.98 Å². The van der Waals surface area contributed by atoms with Crippen molar-refractivity contribution in [3.05, 3.63) is 11.2 Å². The maximum absolute atomic E-state index is 6.04. The van der Waals surface area contributed by atoms with Crippen molar-refractivity contribution in [3.63, 3.8) is 0 Å². The summed E-state index contributed by atoms with van der Waals surface area (Å²) >= 11 is 6.04. The molecule has 5 nitrogen and oxygen atoms in total. The molecule has 1 aromatic rings. The summed E-state index contributed by atoms with van der Waals surface area (Å²) in [6.07, 6.45) is 4.98. The van der Waals surface area contributed by atoms with Crippen LogP contribution in [-0.4, -0.2) is 40.5 Å². The standard InChI is InChI=1S/C12H20ClN5/c1-2-5-18-6-3-9(4-7-18)16-11-10(13)8-15-12(14)17-11/h8-9H,2-7H2,1H3,(H3,14,15,16,17). The summed E-state index contributed by atoms with van der Waals surface area (Å²) in [5, 5.41) is 3.89. The van der Waals surface area contributed by atoms with Crippen LogP contribution in [0.15, 0.2) is 6.20 Å². The van der Waals surface area contributed by atoms with Crippen LogP contribution < -0.4 is 11.1 Å². The first-order valence-corrected chi connectivity index (χ1v) is 6.83. The van der Waals surface area contributed by atoms with Crippen LogP contribution in [0.4, 0.5) is 11.8 Å². The molecule has 0 bridgehead atoms. The zero-order valence-corrected chi connectivity index (χ0v) is 11.5. The number of aromatic nitrogens is 2. The Balaban J connectivity index is 1.89. The number of halogens is 1. The van der Waals surface area contributed by atoms with Crippen LogP contribution in [0.25, 0.3) is 0 Å². The van der Waals surface area contributed by atoms with Crippen molar-refractivity contribution >= 4 is 23.4 Å². The zero-order valence-electron chi connectivity index (χ0n) is 10.7. The van der Waals surface area contributed by atoms with Gasteiger partial charge in [-0.1, -0.05) is 18.5 Å². The van der Waals surface area contributed by atoms with E-state index in [1.54, 1.807) is 6.20 Å². The fraction of sp³-hybridized carbons (Fsp3) is 0.667. The van der Waals surface area contributed by atoms with Gasteiger partial charge in [-0.05, 0) is 25.8 Å². The van der Waals surface area contributed by atoms with E-state index < -0.39 is 0 Å². The van der Waals surface area contributed by atoms with Crippen molar-refractivity contribution in [2.45, 2.75) is 32.2 Å². The van der Waals surface area contributed by atoms with Crippen LogP contribution >= 0.6 is 11.6 Å². The molecule has 0 aliphatic carbocycles. The number of rotatable bonds is 4. The monoisotopic (exact) mass is 269 g/mol. The van der Waals surface area contributed by atoms with Gasteiger partial charge in [0.15, 0.2) is 5.82 Å². The van der Waals surface area contributed by atoms with Crippen molar-refractivity contribution in [3.8, 4) is 0 Å². The largest absolute Gasteiger partial charge is 0.368 e. The highest BCUT2D eigenvalue weighted by Gasteiger charge is 2.19. The number of hydrogen-bond acceptors (Lipinski definition) is 5. The molecule has 1 saturated heterocycles. The predicted octanol–water partition coefficient (Wildman–Crippen LogP) is 2.00. The van der Waals surface area contributed by atoms with Crippen molar-refractivity contribution in [2.75, 3.05) is 30.7 Å². The van der Waals surface area contributed by atoms with E-state index in [1.165, 1.54) is 13.0 Å². The molecule has 1 aliphatic rings. The van der Waals surface area contributed by atoms with Gasteiger partial charge in [-0.15, -0.1) is 0 Å². The number of likely N-dealkylation sites (tertiary alicyclic amines) is 1. The number of nitrogens with one attached hydrogen (secondary N) is 1. The van der Waals surface area contributed by atoms with E-state index in [0.717, 1.165) is 25.9 Å². The predicted molar refractivity (Wildman–Crippen MR) is 74.8 cm³/mol. The quantitative estimate of drug-likeness (QED) is 0.875. The summed E-state index contributed by atoms with van der Waals surface area (Å²) < 4.78 is 0. The van der Waals surface area contributed by atoms with Crippen molar-refractivity contribution in [1.29, 1.82) is 0 Å². The molecule has 100 valence electrons. The van der Waals surface area contributed by atoms with Crippen molar-refractivity contribution in [2.24, 2.45) is 0 Å². The Morgan fingerprint density at radius 2 is 2.22 bits per heavy atom. The van der Waals surface area contributed by atoms with Gasteiger partial charge in [0, 0.05) is 19.1 Å². The lowest BCUT2D eigenvalue weighted by Gasteiger charge is -2.32. The van der Waals surface area contributed by atoms with Gasteiger partial charge in [0.2, 0.25) is 5.95 Å². The van der Waals surface area contributed by atoms with E-state index in [4.69, 9.17) is 17.3 Å². The molecule has 3 N–H and O–H groups in total. The molecule has 1 fully saturated rings. The lowest BCUT2D eigenvalue weighted by molar-refractivity contribution is 0.219. The van der Waals surface area contributed by atoms with Gasteiger partial charge in [0.05, 0.1) is 6.20 Å². The molecule has 1 aliphatic heterocycles. The lowest BCUT2D eigenvalue weighted by Crippen LogP contribution is -2.39. The van der Waals surface area contributed by atoms with E-state index in [-0.39, 0.29) is 5.95 Å². The molecular formula is C12H20ClN5. The molecule has 0 radical (unpaired) electrons. The fourth-order valence-corrected chi connectivity index (χ4v) is 2.44. The molecule has 0 amide bonds. The van der Waals surface area contributed by atoms with E-state index in [9.17, 15) is 0 Å². The molecule has 0 unspecified atom stereocenters. The maximum Gasteiger partial charge on any atom is 0.222 e. The van der Waals surface area contributed by atoms with E-state index >= 15 is 0 Å². The Kier molecular flexibility index (Phi) is 4.60. The van der Waals surface area contributed by atoms with E-state index in [1.807, 2.05) is 0 Å². The first-order valence-electron chi connectivity index (χ1n) is 6.46. The van der Waals surface area contributed by atoms with Gasteiger partial charge in [-0.3, -0.25) is 0 Å². The molecule has 18 heavy (non-hydrogen) atoms. The molecule has 2 heterocycles. The third-order valence-corrected chi connectivity index (χ3v) is 3.51. The van der Waals surface area contributed by atoms with Crippen LogP contribution in [0.2, 0.25) is 5.02 Å². The summed E-state index contributed by atoms with van der Waals surface area (Å²) in [6, 6.07) is 0.421. The van der Waals surface area contributed by atoms with Gasteiger partial charge in [0.1, 0.15) is 5.02 Å². The third kappa shape index (κ3) is 3.46.